The maximum atomic E-state index is 12.4. The smallest absolute Gasteiger partial charge is 0.399 e. The lowest BCUT2D eigenvalue weighted by atomic mass is 9.81. The molecule has 4 aromatic heterocycles. The Morgan fingerprint density at radius 1 is 0.653 bits per heavy atom. The maximum absolute atomic E-state index is 12.4. The third-order valence-electron chi connectivity index (χ3n) is 6.82. The van der Waals surface area contributed by atoms with Crippen LogP contribution in [-0.4, -0.2) is 58.4 Å². The van der Waals surface area contributed by atoms with E-state index in [4.69, 9.17) is 54.3 Å². The van der Waals surface area contributed by atoms with Gasteiger partial charge in [-0.05, 0) is 39.8 Å². The largest absolute Gasteiger partial charge is 0.498 e. The topological polar surface area (TPSA) is 136 Å². The number of halogens is 9. The number of hydrogen-bond acceptors (Lipinski definition) is 10. The van der Waals surface area contributed by atoms with Gasteiger partial charge >= 0.3 is 19.5 Å². The average Bonchev–Trinajstić information content (AvgIpc) is 3.23. The Morgan fingerprint density at radius 3 is 1.45 bits per heavy atom. The summed E-state index contributed by atoms with van der Waals surface area (Å²) in [5.74, 6) is -2.39. The first-order valence-electron chi connectivity index (χ1n) is 13.5. The van der Waals surface area contributed by atoms with Gasteiger partial charge < -0.3 is 19.5 Å². The second-order valence-electron chi connectivity index (χ2n) is 10.8. The quantitative estimate of drug-likeness (QED) is 0.127. The molecule has 0 aliphatic carbocycles. The Labute approximate surface area is 293 Å². The molecule has 0 radical (unpaired) electrons. The molecular weight excluding hydrogens is 728 g/mol. The highest BCUT2D eigenvalue weighted by atomic mass is 35.5. The number of pyridine rings is 2. The van der Waals surface area contributed by atoms with Crippen LogP contribution in [0.1, 0.15) is 57.9 Å². The monoisotopic (exact) mass is 756 g/mol. The van der Waals surface area contributed by atoms with Gasteiger partial charge in [-0.2, -0.15) is 26.3 Å². The summed E-state index contributed by atoms with van der Waals surface area (Å²) in [5.41, 5.74) is 0.909. The average molecular weight is 758 g/mol. The fourth-order valence-electron chi connectivity index (χ4n) is 3.48. The van der Waals surface area contributed by atoms with Gasteiger partial charge in [-0.3, -0.25) is 4.98 Å². The minimum Gasteiger partial charge on any atom is -0.399 e. The molecule has 5 heterocycles. The first-order valence-corrected chi connectivity index (χ1v) is 14.6. The van der Waals surface area contributed by atoms with E-state index in [0.717, 1.165) is 24.8 Å². The summed E-state index contributed by atoms with van der Waals surface area (Å²) >= 11 is 17.0. The van der Waals surface area contributed by atoms with E-state index < -0.39 is 42.3 Å². The molecule has 49 heavy (non-hydrogen) atoms. The van der Waals surface area contributed by atoms with Gasteiger partial charge in [0.15, 0.2) is 0 Å². The standard InChI is InChI=1S/C11H14BF3N2O2.C11H7ClF3N3O.C6H5Cl2NO.CH4/c1-9(2)10(3,4)19-12(18-9)7-5-16-8(17-6-7)11(13,14)15;12-8-1-9(16-4-7(8)5-19)6-2-17-10(18-3-6)11(13,14)15;7-5-1-6(8)9-2-4(5)3-10;/h5-6H,1-4H3;1-4,19H,5H2;1-2,10H,3H2;1H4. The maximum Gasteiger partial charge on any atom is 0.498 e. The van der Waals surface area contributed by atoms with Crippen molar-refractivity contribution in [3.63, 3.8) is 0 Å². The van der Waals surface area contributed by atoms with Crippen molar-refractivity contribution in [2.75, 3.05) is 0 Å². The molecule has 1 aliphatic rings. The summed E-state index contributed by atoms with van der Waals surface area (Å²) in [4.78, 5) is 20.7. The molecule has 0 bridgehead atoms. The number of alkyl halides is 6. The molecule has 0 amide bonds. The predicted octanol–water partition coefficient (Wildman–Crippen LogP) is 7.01. The first kappa shape index (κ1) is 42.0. The molecule has 5 rings (SSSR count). The normalized spacial score (nSPS) is 15.0. The Balaban J connectivity index is 0.000000265. The predicted molar refractivity (Wildman–Crippen MR) is 171 cm³/mol. The molecule has 0 spiro atoms. The zero-order valence-corrected chi connectivity index (χ0v) is 27.7. The van der Waals surface area contributed by atoms with Crippen molar-refractivity contribution in [2.24, 2.45) is 0 Å². The van der Waals surface area contributed by atoms with Crippen LogP contribution in [0.25, 0.3) is 11.3 Å². The first-order chi connectivity index (χ1) is 22.2. The highest BCUT2D eigenvalue weighted by Crippen LogP contribution is 2.36. The molecule has 0 saturated carbocycles. The molecule has 0 atom stereocenters. The highest BCUT2D eigenvalue weighted by molar-refractivity contribution is 6.61. The zero-order chi connectivity index (χ0) is 36.1. The third-order valence-corrected chi connectivity index (χ3v) is 7.73. The van der Waals surface area contributed by atoms with Crippen molar-refractivity contribution in [3.8, 4) is 11.3 Å². The second-order valence-corrected chi connectivity index (χ2v) is 12.0. The number of aliphatic hydroxyl groups excluding tert-OH is 2. The number of nitrogens with zero attached hydrogens (tertiary/aromatic N) is 6. The summed E-state index contributed by atoms with van der Waals surface area (Å²) in [6, 6.07) is 2.92. The van der Waals surface area contributed by atoms with Crippen molar-refractivity contribution in [1.82, 2.24) is 29.9 Å². The summed E-state index contributed by atoms with van der Waals surface area (Å²) in [6.07, 6.45) is -2.13. The lowest BCUT2D eigenvalue weighted by Crippen LogP contribution is -2.41. The van der Waals surface area contributed by atoms with Crippen LogP contribution in [0.15, 0.2) is 49.3 Å². The Kier molecular flexibility index (Phi) is 14.3. The van der Waals surface area contributed by atoms with Crippen molar-refractivity contribution < 1.29 is 45.9 Å². The fraction of sp³-hybridized carbons (Fsp3) is 0.379. The lowest BCUT2D eigenvalue weighted by Gasteiger charge is -2.32. The SMILES string of the molecule is C.CC1(C)OB(c2cnc(C(F)(F)F)nc2)OC1(C)C.OCc1cnc(-c2cnc(C(F)(F)F)nc2)cc1Cl.OCc1cnc(Cl)cc1Cl. The van der Waals surface area contributed by atoms with E-state index in [-0.39, 0.29) is 25.7 Å². The van der Waals surface area contributed by atoms with Gasteiger partial charge in [-0.25, -0.2) is 24.9 Å². The van der Waals surface area contributed by atoms with Crippen molar-refractivity contribution in [1.29, 1.82) is 0 Å². The molecule has 1 saturated heterocycles. The lowest BCUT2D eigenvalue weighted by molar-refractivity contribution is -0.145. The van der Waals surface area contributed by atoms with E-state index in [9.17, 15) is 26.3 Å². The Hall–Kier alpha value is -3.19. The number of aliphatic hydroxyl groups is 2. The third kappa shape index (κ3) is 11.2. The molecule has 1 aliphatic heterocycles. The minimum absolute atomic E-state index is 0. The zero-order valence-electron chi connectivity index (χ0n) is 25.4. The van der Waals surface area contributed by atoms with Crippen LogP contribution in [-0.2, 0) is 34.9 Å². The van der Waals surface area contributed by atoms with E-state index in [1.54, 1.807) is 0 Å². The van der Waals surface area contributed by atoms with Crippen LogP contribution >= 0.6 is 34.8 Å². The van der Waals surface area contributed by atoms with E-state index >= 15 is 0 Å². The minimum atomic E-state index is -4.58. The van der Waals surface area contributed by atoms with E-state index in [1.165, 1.54) is 24.5 Å². The van der Waals surface area contributed by atoms with Gasteiger partial charge in [0.1, 0.15) is 5.15 Å². The van der Waals surface area contributed by atoms with Crippen LogP contribution in [0.3, 0.4) is 0 Å². The van der Waals surface area contributed by atoms with Crippen LogP contribution in [0, 0.1) is 0 Å². The van der Waals surface area contributed by atoms with Gasteiger partial charge in [0.05, 0.1) is 35.1 Å². The summed E-state index contributed by atoms with van der Waals surface area (Å²) in [6.45, 7) is 7.06. The van der Waals surface area contributed by atoms with E-state index in [2.05, 4.69) is 29.9 Å². The summed E-state index contributed by atoms with van der Waals surface area (Å²) in [7, 11) is -0.757. The van der Waals surface area contributed by atoms with Gasteiger partial charge in [-0.15, -0.1) is 0 Å². The van der Waals surface area contributed by atoms with Gasteiger partial charge in [0.2, 0.25) is 11.6 Å². The number of hydrogen-bond donors (Lipinski definition) is 2. The van der Waals surface area contributed by atoms with Crippen LogP contribution in [0.2, 0.25) is 15.2 Å². The molecule has 266 valence electrons. The van der Waals surface area contributed by atoms with Gasteiger partial charge in [0, 0.05) is 64.4 Å². The molecular formula is C29H30BCl3F6N6O4. The van der Waals surface area contributed by atoms with E-state index in [1.807, 2.05) is 27.7 Å². The molecule has 0 unspecified atom stereocenters. The van der Waals surface area contributed by atoms with E-state index in [0.29, 0.717) is 38.0 Å². The Bertz CT molecular complexity index is 1670. The van der Waals surface area contributed by atoms with Crippen molar-refractivity contribution >= 4 is 47.4 Å². The van der Waals surface area contributed by atoms with Gasteiger partial charge in [0.25, 0.3) is 0 Å². The summed E-state index contributed by atoms with van der Waals surface area (Å²) in [5, 5.41) is 18.6. The second kappa shape index (κ2) is 16.7. The highest BCUT2D eigenvalue weighted by Gasteiger charge is 2.52. The molecule has 0 aromatic carbocycles. The van der Waals surface area contributed by atoms with Crippen LogP contribution in [0.4, 0.5) is 26.3 Å². The molecule has 20 heteroatoms. The van der Waals surface area contributed by atoms with Crippen LogP contribution < -0.4 is 5.46 Å². The van der Waals surface area contributed by atoms with Gasteiger partial charge in [-0.1, -0.05) is 42.2 Å². The Morgan fingerprint density at radius 2 is 1.06 bits per heavy atom. The molecule has 1 fully saturated rings. The van der Waals surface area contributed by atoms with Crippen LogP contribution in [0.5, 0.6) is 0 Å². The molecule has 4 aromatic rings. The number of rotatable bonds is 4. The molecule has 10 nitrogen and oxygen atoms in total. The van der Waals surface area contributed by atoms with Crippen molar-refractivity contribution in [2.45, 2.75) is 71.9 Å². The summed E-state index contributed by atoms with van der Waals surface area (Å²) < 4.78 is 85.3. The fourth-order valence-corrected chi connectivity index (χ4v) is 4.12. The molecule has 2 N–H and O–H groups in total. The number of aromatic nitrogens is 6. The van der Waals surface area contributed by atoms with Crippen molar-refractivity contribution in [3.05, 3.63) is 87.3 Å².